The van der Waals surface area contributed by atoms with Gasteiger partial charge in [0, 0.05) is 37.8 Å². The van der Waals surface area contributed by atoms with Crippen molar-refractivity contribution in [2.24, 2.45) is 10.9 Å². The second-order valence-corrected chi connectivity index (χ2v) is 7.78. The van der Waals surface area contributed by atoms with E-state index in [1.165, 1.54) is 43.8 Å². The summed E-state index contributed by atoms with van der Waals surface area (Å²) in [5.41, 5.74) is 0. The highest BCUT2D eigenvalue weighted by Gasteiger charge is 2.27. The molecule has 0 amide bonds. The van der Waals surface area contributed by atoms with Crippen molar-refractivity contribution in [2.45, 2.75) is 39.2 Å². The number of rotatable bonds is 5. The first-order valence-electron chi connectivity index (χ1n) is 8.90. The molecule has 0 aromatic carbocycles. The fraction of sp³-hybridized carbons (Fsp3) is 0.765. The third kappa shape index (κ3) is 4.44. The van der Waals surface area contributed by atoms with Gasteiger partial charge in [-0.05, 0) is 44.7 Å². The van der Waals surface area contributed by atoms with Gasteiger partial charge in [-0.25, -0.2) is 4.98 Å². The molecule has 0 spiro atoms. The number of likely N-dealkylation sites (tertiary alicyclic amines) is 2. The van der Waals surface area contributed by atoms with Gasteiger partial charge in [-0.1, -0.05) is 6.92 Å². The van der Waals surface area contributed by atoms with Crippen molar-refractivity contribution in [1.82, 2.24) is 20.1 Å². The summed E-state index contributed by atoms with van der Waals surface area (Å²) >= 11 is 1.80. The molecule has 0 saturated carbocycles. The molecule has 2 fully saturated rings. The van der Waals surface area contributed by atoms with Crippen LogP contribution in [0.3, 0.4) is 0 Å². The topological polar surface area (TPSA) is 43.8 Å². The van der Waals surface area contributed by atoms with Crippen LogP contribution in [-0.2, 0) is 13.0 Å². The fourth-order valence-electron chi connectivity index (χ4n) is 3.58. The Morgan fingerprint density at radius 2 is 2.22 bits per heavy atom. The van der Waals surface area contributed by atoms with Crippen LogP contribution in [0.4, 0.5) is 0 Å². The van der Waals surface area contributed by atoms with Crippen molar-refractivity contribution in [3.05, 3.63) is 16.1 Å². The Hall–Kier alpha value is -1.14. The standard InChI is InChI=1S/C17H29N5S/c1-3-15-10-19-16(23-15)11-20-17(18-2)22-9-6-14(13-22)12-21-7-4-5-8-21/h10,14H,3-9,11-13H2,1-2H3,(H,18,20). The highest BCUT2D eigenvalue weighted by atomic mass is 32.1. The predicted octanol–water partition coefficient (Wildman–Crippen LogP) is 2.20. The average molecular weight is 336 g/mol. The zero-order chi connectivity index (χ0) is 16.1. The minimum Gasteiger partial charge on any atom is -0.350 e. The zero-order valence-corrected chi connectivity index (χ0v) is 15.2. The first-order valence-corrected chi connectivity index (χ1v) is 9.71. The van der Waals surface area contributed by atoms with Crippen LogP contribution in [0.15, 0.2) is 11.2 Å². The Morgan fingerprint density at radius 1 is 1.39 bits per heavy atom. The van der Waals surface area contributed by atoms with E-state index in [1.54, 1.807) is 11.3 Å². The van der Waals surface area contributed by atoms with Gasteiger partial charge >= 0.3 is 0 Å². The molecule has 2 aliphatic rings. The molecule has 1 N–H and O–H groups in total. The van der Waals surface area contributed by atoms with Crippen LogP contribution in [0.1, 0.15) is 36.1 Å². The molecular weight excluding hydrogens is 306 g/mol. The third-order valence-electron chi connectivity index (χ3n) is 4.86. The minimum atomic E-state index is 0.782. The van der Waals surface area contributed by atoms with Crippen LogP contribution < -0.4 is 5.32 Å². The van der Waals surface area contributed by atoms with Gasteiger partial charge in [-0.3, -0.25) is 4.99 Å². The van der Waals surface area contributed by atoms with E-state index in [4.69, 9.17) is 0 Å². The van der Waals surface area contributed by atoms with E-state index < -0.39 is 0 Å². The summed E-state index contributed by atoms with van der Waals surface area (Å²) in [6, 6.07) is 0. The van der Waals surface area contributed by atoms with Gasteiger partial charge in [0.2, 0.25) is 0 Å². The molecule has 0 aliphatic carbocycles. The van der Waals surface area contributed by atoms with Crippen LogP contribution in [0, 0.1) is 5.92 Å². The average Bonchev–Trinajstić information content (AvgIpc) is 3.30. The van der Waals surface area contributed by atoms with E-state index in [0.717, 1.165) is 42.9 Å². The number of hydrogen-bond donors (Lipinski definition) is 1. The molecule has 23 heavy (non-hydrogen) atoms. The molecule has 5 nitrogen and oxygen atoms in total. The summed E-state index contributed by atoms with van der Waals surface area (Å²) < 4.78 is 0. The Kier molecular flexibility index (Phi) is 5.89. The largest absolute Gasteiger partial charge is 0.350 e. The molecule has 2 saturated heterocycles. The van der Waals surface area contributed by atoms with Crippen LogP contribution in [0.25, 0.3) is 0 Å². The Labute approximate surface area is 143 Å². The molecule has 128 valence electrons. The molecule has 2 aliphatic heterocycles. The smallest absolute Gasteiger partial charge is 0.194 e. The number of aliphatic imine (C=N–C) groups is 1. The van der Waals surface area contributed by atoms with Gasteiger partial charge in [0.15, 0.2) is 5.96 Å². The predicted molar refractivity (Wildman–Crippen MR) is 97.0 cm³/mol. The van der Waals surface area contributed by atoms with Gasteiger partial charge in [-0.2, -0.15) is 0 Å². The van der Waals surface area contributed by atoms with Crippen LogP contribution >= 0.6 is 11.3 Å². The normalized spacial score (nSPS) is 23.0. The Morgan fingerprint density at radius 3 is 2.91 bits per heavy atom. The first kappa shape index (κ1) is 16.7. The molecule has 1 unspecified atom stereocenters. The van der Waals surface area contributed by atoms with Gasteiger partial charge in [0.05, 0.1) is 6.54 Å². The first-order chi connectivity index (χ1) is 11.3. The molecule has 0 bridgehead atoms. The number of nitrogens with one attached hydrogen (secondary N) is 1. The van der Waals surface area contributed by atoms with E-state index in [2.05, 4.69) is 32.0 Å². The van der Waals surface area contributed by atoms with Crippen molar-refractivity contribution in [3.8, 4) is 0 Å². The van der Waals surface area contributed by atoms with Crippen molar-refractivity contribution in [1.29, 1.82) is 0 Å². The fourth-order valence-corrected chi connectivity index (χ4v) is 4.39. The minimum absolute atomic E-state index is 0.782. The highest BCUT2D eigenvalue weighted by molar-refractivity contribution is 7.11. The molecular formula is C17H29N5S. The quantitative estimate of drug-likeness (QED) is 0.662. The van der Waals surface area contributed by atoms with Crippen molar-refractivity contribution in [3.63, 3.8) is 0 Å². The highest BCUT2D eigenvalue weighted by Crippen LogP contribution is 2.20. The summed E-state index contributed by atoms with van der Waals surface area (Å²) in [7, 11) is 1.88. The Balaban J connectivity index is 1.46. The van der Waals surface area contributed by atoms with Crippen molar-refractivity contribution in [2.75, 3.05) is 39.8 Å². The monoisotopic (exact) mass is 335 g/mol. The molecule has 0 radical (unpaired) electrons. The van der Waals surface area contributed by atoms with E-state index in [1.807, 2.05) is 13.2 Å². The number of aryl methyl sites for hydroxylation is 1. The van der Waals surface area contributed by atoms with E-state index in [0.29, 0.717) is 0 Å². The molecule has 6 heteroatoms. The SMILES string of the molecule is CCc1cnc(CNC(=NC)N2CCC(CN3CCCC3)C2)s1. The lowest BCUT2D eigenvalue weighted by Gasteiger charge is -2.23. The molecule has 1 atom stereocenters. The van der Waals surface area contributed by atoms with E-state index in [9.17, 15) is 0 Å². The lowest BCUT2D eigenvalue weighted by molar-refractivity contribution is 0.281. The summed E-state index contributed by atoms with van der Waals surface area (Å²) in [4.78, 5) is 15.3. The number of guanidine groups is 1. The second kappa shape index (κ2) is 8.11. The van der Waals surface area contributed by atoms with Gasteiger partial charge < -0.3 is 15.1 Å². The second-order valence-electron chi connectivity index (χ2n) is 6.58. The Bertz CT molecular complexity index is 521. The van der Waals surface area contributed by atoms with Crippen LogP contribution in [0.5, 0.6) is 0 Å². The maximum Gasteiger partial charge on any atom is 0.194 e. The molecule has 3 heterocycles. The molecule has 1 aromatic heterocycles. The summed E-state index contributed by atoms with van der Waals surface area (Å²) in [6.45, 7) is 9.07. The number of aromatic nitrogens is 1. The lowest BCUT2D eigenvalue weighted by atomic mass is 10.1. The van der Waals surface area contributed by atoms with E-state index >= 15 is 0 Å². The molecule has 3 rings (SSSR count). The van der Waals surface area contributed by atoms with Crippen molar-refractivity contribution < 1.29 is 0 Å². The third-order valence-corrected chi connectivity index (χ3v) is 6.00. The van der Waals surface area contributed by atoms with Crippen molar-refractivity contribution >= 4 is 17.3 Å². The molecule has 1 aromatic rings. The van der Waals surface area contributed by atoms with Gasteiger partial charge in [-0.15, -0.1) is 11.3 Å². The maximum absolute atomic E-state index is 4.48. The van der Waals surface area contributed by atoms with Gasteiger partial charge in [0.1, 0.15) is 5.01 Å². The van der Waals surface area contributed by atoms with Crippen LogP contribution in [0.2, 0.25) is 0 Å². The summed E-state index contributed by atoms with van der Waals surface area (Å²) in [5, 5.41) is 4.64. The number of thiazole rings is 1. The lowest BCUT2D eigenvalue weighted by Crippen LogP contribution is -2.40. The van der Waals surface area contributed by atoms with E-state index in [-0.39, 0.29) is 0 Å². The van der Waals surface area contributed by atoms with Gasteiger partial charge in [0.25, 0.3) is 0 Å². The number of hydrogen-bond acceptors (Lipinski definition) is 4. The number of nitrogens with zero attached hydrogens (tertiary/aromatic N) is 4. The maximum atomic E-state index is 4.48. The summed E-state index contributed by atoms with van der Waals surface area (Å²) in [6.07, 6.45) is 7.11. The summed E-state index contributed by atoms with van der Waals surface area (Å²) in [5.74, 6) is 1.82. The zero-order valence-electron chi connectivity index (χ0n) is 14.4. The van der Waals surface area contributed by atoms with Crippen LogP contribution in [-0.4, -0.2) is 60.5 Å².